The lowest BCUT2D eigenvalue weighted by Crippen LogP contribution is -2.08. The van der Waals surface area contributed by atoms with Crippen LogP contribution in [0, 0.1) is 5.95 Å². The first-order chi connectivity index (χ1) is 7.33. The minimum Gasteiger partial charge on any atom is -0.394 e. The minimum atomic E-state index is -0.489. The molecule has 1 aromatic heterocycles. The van der Waals surface area contributed by atoms with Crippen LogP contribution in [0.3, 0.4) is 0 Å². The van der Waals surface area contributed by atoms with E-state index >= 15 is 0 Å². The molecule has 0 aliphatic heterocycles. The molecule has 1 aromatic rings. The molecule has 15 heavy (non-hydrogen) atoms. The summed E-state index contributed by atoms with van der Waals surface area (Å²) in [4.78, 5) is 3.65. The number of ether oxygens (including phenoxy) is 1. The van der Waals surface area contributed by atoms with Gasteiger partial charge in [-0.3, -0.25) is 0 Å². The van der Waals surface area contributed by atoms with Crippen molar-refractivity contribution < 1.29 is 14.2 Å². The third-order valence-electron chi connectivity index (χ3n) is 1.72. The first-order valence-corrected chi connectivity index (χ1v) is 4.88. The van der Waals surface area contributed by atoms with Crippen LogP contribution in [0.4, 0.5) is 10.2 Å². The molecule has 0 amide bonds. The van der Waals surface area contributed by atoms with Crippen LogP contribution in [-0.2, 0) is 4.74 Å². The van der Waals surface area contributed by atoms with Crippen LogP contribution in [0.25, 0.3) is 0 Å². The van der Waals surface area contributed by atoms with Crippen LogP contribution in [0.5, 0.6) is 0 Å². The Hall–Kier alpha value is -1.20. The van der Waals surface area contributed by atoms with Gasteiger partial charge in [-0.1, -0.05) is 6.07 Å². The van der Waals surface area contributed by atoms with Crippen LogP contribution in [0.1, 0.15) is 6.42 Å². The highest BCUT2D eigenvalue weighted by Crippen LogP contribution is 2.02. The van der Waals surface area contributed by atoms with E-state index in [0.717, 1.165) is 6.42 Å². The van der Waals surface area contributed by atoms with Gasteiger partial charge in [-0.25, -0.2) is 4.98 Å². The van der Waals surface area contributed by atoms with Gasteiger partial charge in [0.15, 0.2) is 0 Å². The van der Waals surface area contributed by atoms with Gasteiger partial charge in [0.1, 0.15) is 5.82 Å². The zero-order valence-corrected chi connectivity index (χ0v) is 8.45. The third kappa shape index (κ3) is 5.29. The van der Waals surface area contributed by atoms with E-state index in [2.05, 4.69) is 10.3 Å². The van der Waals surface area contributed by atoms with E-state index in [0.29, 0.717) is 25.6 Å². The molecule has 1 heterocycles. The Morgan fingerprint density at radius 1 is 1.40 bits per heavy atom. The molecular weight excluding hydrogens is 199 g/mol. The number of halogens is 1. The molecule has 0 saturated heterocycles. The lowest BCUT2D eigenvalue weighted by Gasteiger charge is -2.05. The van der Waals surface area contributed by atoms with Crippen molar-refractivity contribution >= 4 is 5.82 Å². The standard InChI is InChI=1S/C10H15FN2O2/c11-9-3-1-4-10(13-9)12-5-2-7-15-8-6-14/h1,3-4,14H,2,5-8H2,(H,12,13). The van der Waals surface area contributed by atoms with Gasteiger partial charge in [0.2, 0.25) is 5.95 Å². The summed E-state index contributed by atoms with van der Waals surface area (Å²) < 4.78 is 17.7. The Labute approximate surface area is 88.1 Å². The van der Waals surface area contributed by atoms with E-state index in [-0.39, 0.29) is 6.61 Å². The summed E-state index contributed by atoms with van der Waals surface area (Å²) in [7, 11) is 0. The first-order valence-electron chi connectivity index (χ1n) is 4.88. The molecular formula is C10H15FN2O2. The molecule has 0 radical (unpaired) electrons. The summed E-state index contributed by atoms with van der Waals surface area (Å²) in [6.07, 6.45) is 0.790. The van der Waals surface area contributed by atoms with Gasteiger partial charge in [-0.05, 0) is 18.6 Å². The average Bonchev–Trinajstić information content (AvgIpc) is 2.23. The molecule has 84 valence electrons. The maximum atomic E-state index is 12.6. The molecule has 0 bridgehead atoms. The third-order valence-corrected chi connectivity index (χ3v) is 1.72. The average molecular weight is 214 g/mol. The molecule has 0 unspecified atom stereocenters. The maximum absolute atomic E-state index is 12.6. The molecule has 0 aliphatic rings. The second-order valence-electron chi connectivity index (χ2n) is 2.96. The van der Waals surface area contributed by atoms with Crippen molar-refractivity contribution in [2.75, 3.05) is 31.7 Å². The summed E-state index contributed by atoms with van der Waals surface area (Å²) in [5, 5.41) is 11.4. The number of anilines is 1. The largest absolute Gasteiger partial charge is 0.394 e. The van der Waals surface area contributed by atoms with Gasteiger partial charge in [0.25, 0.3) is 0 Å². The van der Waals surface area contributed by atoms with Gasteiger partial charge in [-0.15, -0.1) is 0 Å². The zero-order chi connectivity index (χ0) is 10.9. The van der Waals surface area contributed by atoms with Gasteiger partial charge in [0, 0.05) is 13.2 Å². The van der Waals surface area contributed by atoms with Crippen LogP contribution in [0.15, 0.2) is 18.2 Å². The number of hydrogen-bond acceptors (Lipinski definition) is 4. The summed E-state index contributed by atoms with van der Waals surface area (Å²) >= 11 is 0. The van der Waals surface area contributed by atoms with Gasteiger partial charge >= 0.3 is 0 Å². The van der Waals surface area contributed by atoms with Crippen LogP contribution in [0.2, 0.25) is 0 Å². The second-order valence-corrected chi connectivity index (χ2v) is 2.96. The highest BCUT2D eigenvalue weighted by atomic mass is 19.1. The number of hydrogen-bond donors (Lipinski definition) is 2. The number of nitrogens with one attached hydrogen (secondary N) is 1. The van der Waals surface area contributed by atoms with E-state index in [1.54, 1.807) is 12.1 Å². The van der Waals surface area contributed by atoms with Crippen LogP contribution >= 0.6 is 0 Å². The first kappa shape index (κ1) is 11.9. The Morgan fingerprint density at radius 2 is 2.27 bits per heavy atom. The molecule has 0 fully saturated rings. The number of pyridine rings is 1. The predicted molar refractivity (Wildman–Crippen MR) is 55.2 cm³/mol. The Balaban J connectivity index is 2.10. The summed E-state index contributed by atoms with van der Waals surface area (Å²) in [6, 6.07) is 4.61. The van der Waals surface area contributed by atoms with E-state index in [4.69, 9.17) is 9.84 Å². The minimum absolute atomic E-state index is 0.0406. The molecule has 4 nitrogen and oxygen atoms in total. The summed E-state index contributed by atoms with van der Waals surface area (Å²) in [6.45, 7) is 1.64. The summed E-state index contributed by atoms with van der Waals surface area (Å²) in [5.74, 6) is 0.0358. The second kappa shape index (κ2) is 7.14. The van der Waals surface area contributed by atoms with E-state index < -0.39 is 5.95 Å². The molecule has 0 saturated carbocycles. The lowest BCUT2D eigenvalue weighted by molar-refractivity contribution is 0.0922. The monoisotopic (exact) mass is 214 g/mol. The normalized spacial score (nSPS) is 10.3. The van der Waals surface area contributed by atoms with Crippen molar-refractivity contribution in [3.63, 3.8) is 0 Å². The molecule has 0 spiro atoms. The van der Waals surface area contributed by atoms with Crippen molar-refractivity contribution in [2.24, 2.45) is 0 Å². The zero-order valence-electron chi connectivity index (χ0n) is 8.45. The van der Waals surface area contributed by atoms with Gasteiger partial charge < -0.3 is 15.2 Å². The van der Waals surface area contributed by atoms with E-state index in [1.165, 1.54) is 6.07 Å². The van der Waals surface area contributed by atoms with E-state index in [1.807, 2.05) is 0 Å². The number of aromatic nitrogens is 1. The molecule has 5 heteroatoms. The van der Waals surface area contributed by atoms with Crippen molar-refractivity contribution in [2.45, 2.75) is 6.42 Å². The fourth-order valence-electron chi connectivity index (χ4n) is 1.06. The van der Waals surface area contributed by atoms with Crippen molar-refractivity contribution in [1.82, 2.24) is 4.98 Å². The SMILES string of the molecule is OCCOCCCNc1cccc(F)n1. The predicted octanol–water partition coefficient (Wildman–Crippen LogP) is 1.03. The smallest absolute Gasteiger partial charge is 0.214 e. The molecule has 0 atom stereocenters. The summed E-state index contributed by atoms with van der Waals surface area (Å²) in [5.41, 5.74) is 0. The quantitative estimate of drug-likeness (QED) is 0.526. The topological polar surface area (TPSA) is 54.4 Å². The van der Waals surface area contributed by atoms with Crippen molar-refractivity contribution in [3.05, 3.63) is 24.1 Å². The Kier molecular flexibility index (Phi) is 5.65. The lowest BCUT2D eigenvalue weighted by atomic mass is 10.4. The number of nitrogens with zero attached hydrogens (tertiary/aromatic N) is 1. The van der Waals surface area contributed by atoms with Gasteiger partial charge in [0.05, 0.1) is 13.2 Å². The Morgan fingerprint density at radius 3 is 3.00 bits per heavy atom. The van der Waals surface area contributed by atoms with Crippen LogP contribution < -0.4 is 5.32 Å². The van der Waals surface area contributed by atoms with Crippen molar-refractivity contribution in [3.8, 4) is 0 Å². The highest BCUT2D eigenvalue weighted by molar-refractivity contribution is 5.33. The molecule has 1 rings (SSSR count). The fourth-order valence-corrected chi connectivity index (χ4v) is 1.06. The number of rotatable bonds is 7. The van der Waals surface area contributed by atoms with Crippen LogP contribution in [-0.4, -0.2) is 36.5 Å². The molecule has 0 aromatic carbocycles. The number of aliphatic hydroxyl groups is 1. The number of aliphatic hydroxyl groups excluding tert-OH is 1. The molecule has 0 aliphatic carbocycles. The van der Waals surface area contributed by atoms with Crippen molar-refractivity contribution in [1.29, 1.82) is 0 Å². The highest BCUT2D eigenvalue weighted by Gasteiger charge is 1.95. The van der Waals surface area contributed by atoms with E-state index in [9.17, 15) is 4.39 Å². The molecule has 2 N–H and O–H groups in total. The Bertz CT molecular complexity index is 284. The maximum Gasteiger partial charge on any atom is 0.214 e. The van der Waals surface area contributed by atoms with Gasteiger partial charge in [-0.2, -0.15) is 4.39 Å². The fraction of sp³-hybridized carbons (Fsp3) is 0.500.